The fourth-order valence-corrected chi connectivity index (χ4v) is 1.86. The van der Waals surface area contributed by atoms with E-state index in [0.29, 0.717) is 5.75 Å². The third kappa shape index (κ3) is 5.78. The number of alkyl halides is 1. The summed E-state index contributed by atoms with van der Waals surface area (Å²) in [5, 5.41) is 2.45. The van der Waals surface area contributed by atoms with E-state index in [1.165, 1.54) is 0 Å². The van der Waals surface area contributed by atoms with Gasteiger partial charge in [0.25, 0.3) is 0 Å². The van der Waals surface area contributed by atoms with Crippen molar-refractivity contribution in [2.24, 2.45) is 0 Å². The number of carbonyl (C=O) groups is 1. The van der Waals surface area contributed by atoms with Crippen molar-refractivity contribution in [2.75, 3.05) is 26.1 Å². The monoisotopic (exact) mass is 378 g/mol. The van der Waals surface area contributed by atoms with Gasteiger partial charge in [-0.2, -0.15) is 0 Å². The number of rotatable bonds is 4. The molecule has 0 fully saturated rings. The number of ether oxygens (including phenoxy) is 1. The number of hydrogen-bond acceptors (Lipinski definition) is 3. The zero-order valence-electron chi connectivity index (χ0n) is 12.2. The Morgan fingerprint density at radius 1 is 1.37 bits per heavy atom. The lowest BCUT2D eigenvalue weighted by Crippen LogP contribution is -2.24. The summed E-state index contributed by atoms with van der Waals surface area (Å²) in [6.45, 7) is 2.11. The molecule has 1 unspecified atom stereocenters. The van der Waals surface area contributed by atoms with Crippen molar-refractivity contribution in [1.29, 1.82) is 0 Å². The van der Waals surface area contributed by atoms with E-state index < -0.39 is 6.09 Å². The fourth-order valence-electron chi connectivity index (χ4n) is 1.86. The third-order valence-corrected chi connectivity index (χ3v) is 2.69. The van der Waals surface area contributed by atoms with Gasteiger partial charge in [0.2, 0.25) is 0 Å². The van der Waals surface area contributed by atoms with Crippen LogP contribution in [0.4, 0.5) is 4.79 Å². The average molecular weight is 378 g/mol. The predicted molar refractivity (Wildman–Crippen MR) is 88.2 cm³/mol. The van der Waals surface area contributed by atoms with Gasteiger partial charge in [-0.25, -0.2) is 4.79 Å². The molecule has 0 bridgehead atoms. The predicted octanol–water partition coefficient (Wildman–Crippen LogP) is 3.47. The molecule has 0 saturated carbocycles. The Bertz CT molecular complexity index is 383. The maximum absolute atomic E-state index is 11.3. The molecule has 1 N–H and O–H groups in total. The van der Waals surface area contributed by atoms with E-state index >= 15 is 0 Å². The summed E-state index contributed by atoms with van der Waals surface area (Å²) < 4.78 is 5.25. The topological polar surface area (TPSA) is 41.6 Å². The molecule has 0 aliphatic carbocycles. The highest BCUT2D eigenvalue weighted by Gasteiger charge is 2.17. The molecule has 0 spiro atoms. The molecule has 0 aliphatic heterocycles. The molecule has 0 saturated heterocycles. The van der Waals surface area contributed by atoms with Crippen molar-refractivity contribution in [3.05, 3.63) is 29.8 Å². The first-order valence-corrected chi connectivity index (χ1v) is 8.28. The highest BCUT2D eigenvalue weighted by molar-refractivity contribution is 14.1. The minimum absolute atomic E-state index is 0.246. The molecule has 0 aromatic heterocycles. The van der Waals surface area contributed by atoms with Crippen molar-refractivity contribution in [1.82, 2.24) is 10.2 Å². The summed E-state index contributed by atoms with van der Waals surface area (Å²) in [5.74, 6) is 0.618. The average Bonchev–Trinajstić information content (AvgIpc) is 2.43. The maximum Gasteiger partial charge on any atom is 0.412 e. The lowest BCUT2D eigenvalue weighted by atomic mass is 10.0. The number of benzene rings is 1. The summed E-state index contributed by atoms with van der Waals surface area (Å²) in [6, 6.07) is 7.88. The van der Waals surface area contributed by atoms with Crippen molar-refractivity contribution >= 4 is 28.7 Å². The molecular formula is C14H23IN2O2. The van der Waals surface area contributed by atoms with Crippen molar-refractivity contribution in [2.45, 2.75) is 19.4 Å². The van der Waals surface area contributed by atoms with Crippen LogP contribution in [0.3, 0.4) is 0 Å². The molecule has 0 aliphatic rings. The summed E-state index contributed by atoms with van der Waals surface area (Å²) in [5.41, 5.74) is 1.03. The van der Waals surface area contributed by atoms with Gasteiger partial charge in [-0.05, 0) is 31.5 Å². The molecule has 19 heavy (non-hydrogen) atoms. The number of hydrogen-bond donors (Lipinski definition) is 1. The van der Waals surface area contributed by atoms with E-state index in [4.69, 9.17) is 4.74 Å². The van der Waals surface area contributed by atoms with Crippen LogP contribution < -0.4 is 10.1 Å². The van der Waals surface area contributed by atoms with E-state index in [-0.39, 0.29) is 6.04 Å². The van der Waals surface area contributed by atoms with Crippen LogP contribution in [0.25, 0.3) is 0 Å². The zero-order chi connectivity index (χ0) is 14.8. The van der Waals surface area contributed by atoms with Crippen LogP contribution in [0.1, 0.15) is 24.9 Å². The van der Waals surface area contributed by atoms with Crippen LogP contribution in [0, 0.1) is 0 Å². The van der Waals surface area contributed by atoms with Crippen LogP contribution >= 0.6 is 22.6 Å². The Hall–Kier alpha value is -0.820. The molecule has 1 rings (SSSR count). The van der Waals surface area contributed by atoms with Crippen LogP contribution in [0.5, 0.6) is 5.75 Å². The molecular weight excluding hydrogens is 355 g/mol. The van der Waals surface area contributed by atoms with Gasteiger partial charge in [-0.15, -0.1) is 0 Å². The summed E-state index contributed by atoms with van der Waals surface area (Å²) in [7, 11) is 5.59. The van der Waals surface area contributed by atoms with Crippen LogP contribution in [-0.2, 0) is 0 Å². The quantitative estimate of drug-likeness (QED) is 0.645. The van der Waals surface area contributed by atoms with Gasteiger partial charge >= 0.3 is 6.09 Å². The number of para-hydroxylation sites is 1. The minimum atomic E-state index is -0.439. The molecule has 5 heteroatoms. The molecule has 1 atom stereocenters. The summed E-state index contributed by atoms with van der Waals surface area (Å²) in [4.78, 5) is 15.4. The van der Waals surface area contributed by atoms with E-state index in [1.807, 2.05) is 43.3 Å². The van der Waals surface area contributed by atoms with Gasteiger partial charge in [0.1, 0.15) is 5.75 Å². The second kappa shape index (κ2) is 10.0. The number of halogens is 1. The first-order valence-electron chi connectivity index (χ1n) is 6.12. The summed E-state index contributed by atoms with van der Waals surface area (Å²) in [6.07, 6.45) is 0.521. The Morgan fingerprint density at radius 2 is 1.95 bits per heavy atom. The third-order valence-electron chi connectivity index (χ3n) is 2.69. The van der Waals surface area contributed by atoms with E-state index in [2.05, 4.69) is 39.7 Å². The highest BCUT2D eigenvalue weighted by atomic mass is 127. The lowest BCUT2D eigenvalue weighted by molar-refractivity contribution is 0.200. The largest absolute Gasteiger partial charge is 0.412 e. The Labute approximate surface area is 129 Å². The van der Waals surface area contributed by atoms with E-state index in [9.17, 15) is 4.79 Å². The molecule has 108 valence electrons. The lowest BCUT2D eigenvalue weighted by Gasteiger charge is -2.24. The fraction of sp³-hybridized carbons (Fsp3) is 0.500. The number of carbonyl (C=O) groups excluding carboxylic acids is 1. The van der Waals surface area contributed by atoms with Crippen molar-refractivity contribution in [3.63, 3.8) is 0 Å². The van der Waals surface area contributed by atoms with Gasteiger partial charge in [0.15, 0.2) is 0 Å². The minimum Gasteiger partial charge on any atom is -0.410 e. The molecule has 1 aromatic carbocycles. The van der Waals surface area contributed by atoms with E-state index in [0.717, 1.165) is 12.0 Å². The molecule has 0 heterocycles. The summed E-state index contributed by atoms with van der Waals surface area (Å²) >= 11 is 2.15. The van der Waals surface area contributed by atoms with Gasteiger partial charge in [-0.1, -0.05) is 47.7 Å². The number of amides is 1. The standard InChI is InChI=1S/C13H20N2O2.CH3I/c1-5-11(15(3)4)10-8-6-7-9-12(10)17-13(16)14-2;1-2/h6-9,11H,5H2,1-4H3,(H,14,16);1H3. The Balaban J connectivity index is 0.00000154. The van der Waals surface area contributed by atoms with Crippen molar-refractivity contribution < 1.29 is 9.53 Å². The van der Waals surface area contributed by atoms with Gasteiger partial charge < -0.3 is 15.0 Å². The number of nitrogens with one attached hydrogen (secondary N) is 1. The first-order chi connectivity index (χ1) is 9.10. The second-order valence-electron chi connectivity index (χ2n) is 4.07. The van der Waals surface area contributed by atoms with Crippen LogP contribution in [0.15, 0.2) is 24.3 Å². The van der Waals surface area contributed by atoms with Crippen molar-refractivity contribution in [3.8, 4) is 5.75 Å². The van der Waals surface area contributed by atoms with Gasteiger partial charge in [0.05, 0.1) is 0 Å². The van der Waals surface area contributed by atoms with Gasteiger partial charge in [-0.3, -0.25) is 0 Å². The smallest absolute Gasteiger partial charge is 0.410 e. The first kappa shape index (κ1) is 18.2. The highest BCUT2D eigenvalue weighted by Crippen LogP contribution is 2.30. The normalized spacial score (nSPS) is 11.3. The molecule has 1 aromatic rings. The van der Waals surface area contributed by atoms with Gasteiger partial charge in [0, 0.05) is 18.7 Å². The van der Waals surface area contributed by atoms with Crippen LogP contribution in [0.2, 0.25) is 0 Å². The maximum atomic E-state index is 11.3. The molecule has 1 amide bonds. The SMILES string of the molecule is CCC(c1ccccc1OC(=O)NC)N(C)C.CI. The molecule has 0 radical (unpaired) electrons. The Morgan fingerprint density at radius 3 is 2.42 bits per heavy atom. The van der Waals surface area contributed by atoms with Crippen LogP contribution in [-0.4, -0.2) is 37.1 Å². The second-order valence-corrected chi connectivity index (χ2v) is 4.07. The van der Waals surface area contributed by atoms with E-state index in [1.54, 1.807) is 7.05 Å². The number of nitrogens with zero attached hydrogens (tertiary/aromatic N) is 1. The molecule has 4 nitrogen and oxygen atoms in total. The Kier molecular flexibility index (Phi) is 9.59. The zero-order valence-corrected chi connectivity index (χ0v) is 14.4.